The van der Waals surface area contributed by atoms with Crippen LogP contribution >= 0.6 is 12.4 Å². The maximum absolute atomic E-state index is 12.6. The molecule has 5 nitrogen and oxygen atoms in total. The minimum Gasteiger partial charge on any atom is -0.327 e. The average molecular weight is 340 g/mol. The van der Waals surface area contributed by atoms with Gasteiger partial charge >= 0.3 is 0 Å². The fourth-order valence-corrected chi connectivity index (χ4v) is 4.10. The van der Waals surface area contributed by atoms with Crippen molar-refractivity contribution < 1.29 is 4.79 Å². The van der Waals surface area contributed by atoms with Crippen molar-refractivity contribution in [2.75, 3.05) is 5.32 Å². The Kier molecular flexibility index (Phi) is 5.53. The first-order valence-corrected chi connectivity index (χ1v) is 8.20. The first kappa shape index (κ1) is 18.0. The van der Waals surface area contributed by atoms with E-state index in [9.17, 15) is 9.59 Å². The molecular formula is C17H26ClN3O2. The van der Waals surface area contributed by atoms with E-state index in [2.05, 4.69) is 5.32 Å². The molecule has 1 aromatic rings. The highest BCUT2D eigenvalue weighted by atomic mass is 35.5. The molecular weight excluding hydrogens is 314 g/mol. The fraction of sp³-hybridized carbons (Fsp3) is 0.647. The van der Waals surface area contributed by atoms with Crippen LogP contribution in [0.15, 0.2) is 17.1 Å². The maximum Gasteiger partial charge on any atom is 0.274 e. The van der Waals surface area contributed by atoms with Crippen LogP contribution in [0.3, 0.4) is 0 Å². The number of hydrogen-bond acceptors (Lipinski definition) is 3. The molecule has 0 saturated heterocycles. The monoisotopic (exact) mass is 339 g/mol. The summed E-state index contributed by atoms with van der Waals surface area (Å²) in [6, 6.07) is 2.10. The van der Waals surface area contributed by atoms with Crippen LogP contribution in [0.25, 0.3) is 0 Å². The molecule has 6 heteroatoms. The standard InChI is InChI=1S/C17H25N3O2.ClH/c1-10-6-7-20(2)17(22)15(10)19-16(21)13-8-11-4-3-5-12(9-13)14(11)18;/h6-7,11-14H,3-5,8-9,18H2,1-2H3,(H,19,21);1H. The molecule has 23 heavy (non-hydrogen) atoms. The zero-order valence-corrected chi connectivity index (χ0v) is 14.6. The summed E-state index contributed by atoms with van der Waals surface area (Å²) >= 11 is 0. The molecule has 3 N–H and O–H groups in total. The van der Waals surface area contributed by atoms with Gasteiger partial charge in [-0.05, 0) is 56.1 Å². The van der Waals surface area contributed by atoms with Crippen LogP contribution in [0, 0.1) is 24.7 Å². The smallest absolute Gasteiger partial charge is 0.274 e. The molecule has 2 atom stereocenters. The molecule has 2 aliphatic rings. The van der Waals surface area contributed by atoms with Crippen molar-refractivity contribution in [2.45, 2.75) is 45.1 Å². The number of carbonyl (C=O) groups is 1. The van der Waals surface area contributed by atoms with E-state index in [1.54, 1.807) is 13.2 Å². The van der Waals surface area contributed by atoms with Crippen molar-refractivity contribution in [2.24, 2.45) is 30.5 Å². The molecule has 0 radical (unpaired) electrons. The third-order valence-electron chi connectivity index (χ3n) is 5.51. The van der Waals surface area contributed by atoms with Gasteiger partial charge in [0.2, 0.25) is 5.91 Å². The van der Waals surface area contributed by atoms with E-state index in [-0.39, 0.29) is 35.8 Å². The van der Waals surface area contributed by atoms with E-state index in [0.29, 0.717) is 17.5 Å². The largest absolute Gasteiger partial charge is 0.327 e. The highest BCUT2D eigenvalue weighted by molar-refractivity contribution is 5.93. The number of nitrogens with one attached hydrogen (secondary N) is 1. The highest BCUT2D eigenvalue weighted by Crippen LogP contribution is 2.42. The van der Waals surface area contributed by atoms with Gasteiger partial charge in [-0.2, -0.15) is 0 Å². The van der Waals surface area contributed by atoms with Gasteiger partial charge in [0.1, 0.15) is 5.69 Å². The lowest BCUT2D eigenvalue weighted by Crippen LogP contribution is -2.48. The van der Waals surface area contributed by atoms with Gasteiger partial charge in [-0.15, -0.1) is 12.4 Å². The average Bonchev–Trinajstić information content (AvgIpc) is 2.47. The number of halogens is 1. The van der Waals surface area contributed by atoms with Crippen LogP contribution in [0.2, 0.25) is 0 Å². The first-order valence-electron chi connectivity index (χ1n) is 8.20. The van der Waals surface area contributed by atoms with Gasteiger partial charge in [0.25, 0.3) is 5.56 Å². The number of amides is 1. The summed E-state index contributed by atoms with van der Waals surface area (Å²) in [5, 5.41) is 2.88. The number of aryl methyl sites for hydroxylation is 2. The third-order valence-corrected chi connectivity index (χ3v) is 5.51. The fourth-order valence-electron chi connectivity index (χ4n) is 4.10. The zero-order valence-electron chi connectivity index (χ0n) is 13.7. The van der Waals surface area contributed by atoms with Gasteiger partial charge in [-0.3, -0.25) is 9.59 Å². The lowest BCUT2D eigenvalue weighted by molar-refractivity contribution is -0.122. The third kappa shape index (κ3) is 3.45. The maximum atomic E-state index is 12.6. The molecule has 3 rings (SSSR count). The number of nitrogens with zero attached hydrogens (tertiary/aromatic N) is 1. The van der Waals surface area contributed by atoms with Gasteiger partial charge in [-0.25, -0.2) is 0 Å². The summed E-state index contributed by atoms with van der Waals surface area (Å²) < 4.78 is 1.49. The number of carbonyl (C=O) groups excluding carboxylic acids is 1. The Bertz CT molecular complexity index is 629. The van der Waals surface area contributed by atoms with Crippen molar-refractivity contribution in [3.63, 3.8) is 0 Å². The predicted molar refractivity (Wildman–Crippen MR) is 93.8 cm³/mol. The van der Waals surface area contributed by atoms with Crippen LogP contribution in [-0.2, 0) is 11.8 Å². The van der Waals surface area contributed by atoms with Gasteiger partial charge < -0.3 is 15.6 Å². The molecule has 1 heterocycles. The van der Waals surface area contributed by atoms with Crippen LogP contribution in [-0.4, -0.2) is 16.5 Å². The second-order valence-electron chi connectivity index (χ2n) is 6.98. The molecule has 1 amide bonds. The van der Waals surface area contributed by atoms with E-state index in [1.165, 1.54) is 11.0 Å². The van der Waals surface area contributed by atoms with E-state index in [4.69, 9.17) is 5.73 Å². The van der Waals surface area contributed by atoms with Crippen molar-refractivity contribution in [1.29, 1.82) is 0 Å². The van der Waals surface area contributed by atoms with E-state index < -0.39 is 0 Å². The molecule has 0 spiro atoms. The minimum absolute atomic E-state index is 0. The van der Waals surface area contributed by atoms with Crippen molar-refractivity contribution in [3.05, 3.63) is 28.2 Å². The predicted octanol–water partition coefficient (Wildman–Crippen LogP) is 2.21. The Morgan fingerprint density at radius 1 is 1.30 bits per heavy atom. The number of pyridine rings is 1. The summed E-state index contributed by atoms with van der Waals surface area (Å²) in [5.41, 5.74) is 7.35. The normalized spacial score (nSPS) is 29.5. The Morgan fingerprint density at radius 2 is 1.91 bits per heavy atom. The van der Waals surface area contributed by atoms with Gasteiger partial charge in [0.05, 0.1) is 0 Å². The van der Waals surface area contributed by atoms with Crippen LogP contribution in [0.5, 0.6) is 0 Å². The quantitative estimate of drug-likeness (QED) is 0.867. The number of rotatable bonds is 2. The number of aromatic nitrogens is 1. The zero-order chi connectivity index (χ0) is 15.9. The van der Waals surface area contributed by atoms with Crippen LogP contribution < -0.4 is 16.6 Å². The van der Waals surface area contributed by atoms with Gasteiger partial charge in [-0.1, -0.05) is 6.42 Å². The molecule has 2 saturated carbocycles. The Hall–Kier alpha value is -1.33. The van der Waals surface area contributed by atoms with E-state index in [0.717, 1.165) is 31.2 Å². The van der Waals surface area contributed by atoms with Crippen molar-refractivity contribution >= 4 is 24.0 Å². The number of hydrogen-bond donors (Lipinski definition) is 2. The van der Waals surface area contributed by atoms with Crippen molar-refractivity contribution in [3.8, 4) is 0 Å². The summed E-state index contributed by atoms with van der Waals surface area (Å²) in [5.74, 6) is 0.889. The summed E-state index contributed by atoms with van der Waals surface area (Å²) in [6.07, 6.45) is 6.93. The Morgan fingerprint density at radius 3 is 2.52 bits per heavy atom. The molecule has 0 aliphatic heterocycles. The first-order chi connectivity index (χ1) is 10.5. The van der Waals surface area contributed by atoms with Crippen LogP contribution in [0.4, 0.5) is 5.69 Å². The molecule has 1 aromatic heterocycles. The van der Waals surface area contributed by atoms with E-state index >= 15 is 0 Å². The SMILES string of the molecule is Cc1ccn(C)c(=O)c1NC(=O)C1CC2CCCC(C1)C2N.Cl. The number of anilines is 1. The molecule has 0 aromatic carbocycles. The second kappa shape index (κ2) is 7.05. The number of nitrogens with two attached hydrogens (primary N) is 1. The minimum atomic E-state index is -0.152. The summed E-state index contributed by atoms with van der Waals surface area (Å²) in [6.45, 7) is 1.85. The summed E-state index contributed by atoms with van der Waals surface area (Å²) in [4.78, 5) is 24.8. The molecule has 2 bridgehead atoms. The Balaban J connectivity index is 0.00000192. The molecule has 2 fully saturated rings. The van der Waals surface area contributed by atoms with Gasteiger partial charge in [0.15, 0.2) is 0 Å². The molecule has 2 aliphatic carbocycles. The molecule has 2 unspecified atom stereocenters. The van der Waals surface area contributed by atoms with Gasteiger partial charge in [0, 0.05) is 25.2 Å². The summed E-state index contributed by atoms with van der Waals surface area (Å²) in [7, 11) is 1.70. The van der Waals surface area contributed by atoms with E-state index in [1.807, 2.05) is 13.0 Å². The van der Waals surface area contributed by atoms with Crippen LogP contribution in [0.1, 0.15) is 37.7 Å². The second-order valence-corrected chi connectivity index (χ2v) is 6.98. The molecule has 128 valence electrons. The topological polar surface area (TPSA) is 77.1 Å². The lowest BCUT2D eigenvalue weighted by Gasteiger charge is -2.43. The lowest BCUT2D eigenvalue weighted by atomic mass is 9.65. The van der Waals surface area contributed by atoms with Crippen molar-refractivity contribution in [1.82, 2.24) is 4.57 Å². The highest BCUT2D eigenvalue weighted by Gasteiger charge is 2.40. The number of fused-ring (bicyclic) bond motifs is 2. The Labute approximate surface area is 143 Å².